The van der Waals surface area contributed by atoms with E-state index in [-0.39, 0.29) is 17.9 Å². The van der Waals surface area contributed by atoms with Gasteiger partial charge in [0.15, 0.2) is 0 Å². The fraction of sp³-hybridized carbons (Fsp3) is 0.0667. The average molecular weight is 281 g/mol. The molecule has 1 nitrogen and oxygen atoms in total. The van der Waals surface area contributed by atoms with Crippen LogP contribution < -0.4 is 4.74 Å². The Morgan fingerprint density at radius 2 is 1.79 bits per heavy atom. The number of hydrogen-bond acceptors (Lipinski definition) is 1. The monoisotopic (exact) mass is 280 g/mol. The lowest BCUT2D eigenvalue weighted by Crippen LogP contribution is -1.97. The topological polar surface area (TPSA) is 9.23 Å². The number of hydrogen-bond donors (Lipinski definition) is 0. The second-order valence-corrected chi connectivity index (χ2v) is 4.25. The summed E-state index contributed by atoms with van der Waals surface area (Å²) in [6.45, 7) is 3.65. The average Bonchev–Trinajstić information content (AvgIpc) is 2.38. The van der Waals surface area contributed by atoms with Crippen LogP contribution >= 0.6 is 11.6 Å². The SMILES string of the molecule is C=CCOc1cc(F)c(-c2ccccc2Cl)c(F)c1. The van der Waals surface area contributed by atoms with Crippen molar-refractivity contribution in [3.8, 4) is 16.9 Å². The maximum atomic E-state index is 14.0. The molecule has 2 aromatic carbocycles. The summed E-state index contributed by atoms with van der Waals surface area (Å²) in [6.07, 6.45) is 1.50. The largest absolute Gasteiger partial charge is 0.489 e. The van der Waals surface area contributed by atoms with E-state index < -0.39 is 11.6 Å². The molecule has 2 aromatic rings. The van der Waals surface area contributed by atoms with Gasteiger partial charge in [-0.05, 0) is 6.07 Å². The van der Waals surface area contributed by atoms with E-state index in [0.29, 0.717) is 10.6 Å². The van der Waals surface area contributed by atoms with Gasteiger partial charge in [0.25, 0.3) is 0 Å². The van der Waals surface area contributed by atoms with E-state index in [4.69, 9.17) is 16.3 Å². The van der Waals surface area contributed by atoms with E-state index in [1.807, 2.05) is 0 Å². The van der Waals surface area contributed by atoms with Crippen LogP contribution in [0.15, 0.2) is 49.1 Å². The van der Waals surface area contributed by atoms with Gasteiger partial charge in [0.05, 0.1) is 5.56 Å². The van der Waals surface area contributed by atoms with Gasteiger partial charge in [-0.1, -0.05) is 42.5 Å². The molecule has 0 saturated carbocycles. The first-order chi connectivity index (χ1) is 9.13. The number of ether oxygens (including phenoxy) is 1. The van der Waals surface area contributed by atoms with Crippen molar-refractivity contribution in [2.24, 2.45) is 0 Å². The van der Waals surface area contributed by atoms with Crippen LogP contribution in [0.25, 0.3) is 11.1 Å². The first kappa shape index (κ1) is 13.6. The Morgan fingerprint density at radius 3 is 2.37 bits per heavy atom. The summed E-state index contributed by atoms with van der Waals surface area (Å²) in [5.74, 6) is -1.31. The Balaban J connectivity index is 2.48. The minimum absolute atomic E-state index is 0.116. The summed E-state index contributed by atoms with van der Waals surface area (Å²) < 4.78 is 33.1. The zero-order chi connectivity index (χ0) is 13.8. The van der Waals surface area contributed by atoms with Gasteiger partial charge < -0.3 is 4.74 Å². The molecule has 0 amide bonds. The van der Waals surface area contributed by atoms with Gasteiger partial charge >= 0.3 is 0 Å². The summed E-state index contributed by atoms with van der Waals surface area (Å²) >= 11 is 5.95. The smallest absolute Gasteiger partial charge is 0.137 e. The van der Waals surface area contributed by atoms with Gasteiger partial charge in [-0.3, -0.25) is 0 Å². The molecule has 0 radical (unpaired) electrons. The summed E-state index contributed by atoms with van der Waals surface area (Å²) in [5.41, 5.74) is 0.158. The number of rotatable bonds is 4. The van der Waals surface area contributed by atoms with Gasteiger partial charge in [0, 0.05) is 22.7 Å². The van der Waals surface area contributed by atoms with Crippen molar-refractivity contribution < 1.29 is 13.5 Å². The highest BCUT2D eigenvalue weighted by molar-refractivity contribution is 6.33. The van der Waals surface area contributed by atoms with Gasteiger partial charge in [-0.25, -0.2) is 8.78 Å². The van der Waals surface area contributed by atoms with Crippen LogP contribution in [0, 0.1) is 11.6 Å². The van der Waals surface area contributed by atoms with Crippen molar-refractivity contribution in [2.45, 2.75) is 0 Å². The van der Waals surface area contributed by atoms with Crippen LogP contribution in [0.1, 0.15) is 0 Å². The van der Waals surface area contributed by atoms with Crippen molar-refractivity contribution in [3.63, 3.8) is 0 Å². The van der Waals surface area contributed by atoms with Crippen LogP contribution in [0.4, 0.5) is 8.78 Å². The third-order valence-corrected chi connectivity index (χ3v) is 2.86. The van der Waals surface area contributed by atoms with Gasteiger partial charge in [0.1, 0.15) is 24.0 Å². The summed E-state index contributed by atoms with van der Waals surface area (Å²) in [7, 11) is 0. The Hall–Kier alpha value is -1.87. The minimum atomic E-state index is -0.716. The van der Waals surface area contributed by atoms with Crippen LogP contribution in [0.3, 0.4) is 0 Å². The third kappa shape index (κ3) is 2.93. The molecule has 0 aliphatic heterocycles. The van der Waals surface area contributed by atoms with E-state index in [9.17, 15) is 8.78 Å². The highest BCUT2D eigenvalue weighted by Gasteiger charge is 2.16. The molecule has 0 aliphatic rings. The second kappa shape index (κ2) is 5.85. The zero-order valence-electron chi connectivity index (χ0n) is 10.00. The quantitative estimate of drug-likeness (QED) is 0.728. The molecule has 0 N–H and O–H groups in total. The molecule has 0 aliphatic carbocycles. The first-order valence-electron chi connectivity index (χ1n) is 5.61. The van der Waals surface area contributed by atoms with E-state index >= 15 is 0 Å². The molecule has 0 atom stereocenters. The van der Waals surface area contributed by atoms with Crippen molar-refractivity contribution in [1.29, 1.82) is 0 Å². The maximum absolute atomic E-state index is 14.0. The molecule has 98 valence electrons. The number of halogens is 3. The van der Waals surface area contributed by atoms with Crippen molar-refractivity contribution in [1.82, 2.24) is 0 Å². The van der Waals surface area contributed by atoms with Gasteiger partial charge in [0.2, 0.25) is 0 Å². The maximum Gasteiger partial charge on any atom is 0.137 e. The van der Waals surface area contributed by atoms with Crippen LogP contribution in [0.2, 0.25) is 5.02 Å². The predicted molar refractivity (Wildman–Crippen MR) is 72.5 cm³/mol. The predicted octanol–water partition coefficient (Wildman–Crippen LogP) is 4.85. The van der Waals surface area contributed by atoms with E-state index in [1.165, 1.54) is 6.08 Å². The summed E-state index contributed by atoms with van der Waals surface area (Å²) in [5, 5.41) is 0.292. The molecule has 0 unspecified atom stereocenters. The standard InChI is InChI=1S/C15H11ClF2O/c1-2-7-19-10-8-13(17)15(14(18)9-10)11-5-3-4-6-12(11)16/h2-6,8-9H,1,7H2. The Morgan fingerprint density at radius 1 is 1.16 bits per heavy atom. The fourth-order valence-electron chi connectivity index (χ4n) is 1.71. The second-order valence-electron chi connectivity index (χ2n) is 3.84. The van der Waals surface area contributed by atoms with Crippen LogP contribution in [-0.2, 0) is 0 Å². The fourth-order valence-corrected chi connectivity index (χ4v) is 1.94. The molecular weight excluding hydrogens is 270 g/mol. The molecule has 2 rings (SSSR count). The Kier molecular flexibility index (Phi) is 4.17. The first-order valence-corrected chi connectivity index (χ1v) is 5.99. The highest BCUT2D eigenvalue weighted by atomic mass is 35.5. The molecule has 0 saturated heterocycles. The highest BCUT2D eigenvalue weighted by Crippen LogP contribution is 2.34. The molecule has 0 bridgehead atoms. The van der Waals surface area contributed by atoms with Crippen LogP contribution in [0.5, 0.6) is 5.75 Å². The van der Waals surface area contributed by atoms with E-state index in [0.717, 1.165) is 12.1 Å². The van der Waals surface area contributed by atoms with Crippen LogP contribution in [-0.4, -0.2) is 6.61 Å². The van der Waals surface area contributed by atoms with E-state index in [2.05, 4.69) is 6.58 Å². The molecule has 0 spiro atoms. The normalized spacial score (nSPS) is 10.3. The number of benzene rings is 2. The molecule has 0 fully saturated rings. The van der Waals surface area contributed by atoms with Crippen molar-refractivity contribution in [2.75, 3.05) is 6.61 Å². The molecule has 4 heteroatoms. The lowest BCUT2D eigenvalue weighted by Gasteiger charge is -2.10. The lowest BCUT2D eigenvalue weighted by atomic mass is 10.0. The minimum Gasteiger partial charge on any atom is -0.489 e. The summed E-state index contributed by atoms with van der Waals surface area (Å²) in [6, 6.07) is 8.77. The third-order valence-electron chi connectivity index (χ3n) is 2.53. The summed E-state index contributed by atoms with van der Waals surface area (Å²) in [4.78, 5) is 0. The molecule has 0 aromatic heterocycles. The molecule has 19 heavy (non-hydrogen) atoms. The Bertz CT molecular complexity index is 588. The zero-order valence-corrected chi connectivity index (χ0v) is 10.8. The van der Waals surface area contributed by atoms with Crippen molar-refractivity contribution in [3.05, 3.63) is 65.7 Å². The van der Waals surface area contributed by atoms with Crippen molar-refractivity contribution >= 4 is 11.6 Å². The lowest BCUT2D eigenvalue weighted by molar-refractivity contribution is 0.358. The van der Waals surface area contributed by atoms with Gasteiger partial charge in [-0.2, -0.15) is 0 Å². The molecular formula is C15H11ClF2O. The van der Waals surface area contributed by atoms with Gasteiger partial charge in [-0.15, -0.1) is 0 Å². The molecule has 0 heterocycles. The van der Waals surface area contributed by atoms with E-state index in [1.54, 1.807) is 24.3 Å². The Labute approximate surface area is 115 Å².